The SMILES string of the molecule is CC(C)C(NC(=O)Cc1ccccc1)C(=O)NCC(C)(C)CN(C)C. The molecule has 0 fully saturated rings. The van der Waals surface area contributed by atoms with Crippen LogP contribution in [0, 0.1) is 11.3 Å². The predicted octanol–water partition coefficient (Wildman–Crippen LogP) is 2.07. The topological polar surface area (TPSA) is 61.4 Å². The molecule has 0 aliphatic rings. The number of amides is 2. The monoisotopic (exact) mass is 347 g/mol. The van der Waals surface area contributed by atoms with Gasteiger partial charge in [-0.1, -0.05) is 58.0 Å². The van der Waals surface area contributed by atoms with E-state index in [4.69, 9.17) is 0 Å². The van der Waals surface area contributed by atoms with E-state index in [0.717, 1.165) is 12.1 Å². The molecule has 1 unspecified atom stereocenters. The Kier molecular flexibility index (Phi) is 8.10. The minimum absolute atomic E-state index is 0.0247. The average molecular weight is 348 g/mol. The Labute approximate surface area is 152 Å². The van der Waals surface area contributed by atoms with Crippen LogP contribution in [0.4, 0.5) is 0 Å². The van der Waals surface area contributed by atoms with Gasteiger partial charge in [-0.05, 0) is 31.0 Å². The Morgan fingerprint density at radius 1 is 1.12 bits per heavy atom. The van der Waals surface area contributed by atoms with Crippen LogP contribution in [0.25, 0.3) is 0 Å². The van der Waals surface area contributed by atoms with Gasteiger partial charge < -0.3 is 15.5 Å². The summed E-state index contributed by atoms with van der Waals surface area (Å²) in [4.78, 5) is 27.0. The normalized spacial score (nSPS) is 13.0. The Balaban J connectivity index is 2.60. The van der Waals surface area contributed by atoms with Gasteiger partial charge in [0.2, 0.25) is 11.8 Å². The fraction of sp³-hybridized carbons (Fsp3) is 0.600. The summed E-state index contributed by atoms with van der Waals surface area (Å²) in [5.41, 5.74) is 0.907. The zero-order chi connectivity index (χ0) is 19.0. The maximum absolute atomic E-state index is 12.6. The number of benzene rings is 1. The molecule has 1 atom stereocenters. The fourth-order valence-electron chi connectivity index (χ4n) is 2.89. The van der Waals surface area contributed by atoms with Gasteiger partial charge in [-0.15, -0.1) is 0 Å². The third kappa shape index (κ3) is 8.16. The molecule has 0 saturated carbocycles. The number of nitrogens with one attached hydrogen (secondary N) is 2. The second kappa shape index (κ2) is 9.56. The fourth-order valence-corrected chi connectivity index (χ4v) is 2.89. The molecule has 0 saturated heterocycles. The van der Waals surface area contributed by atoms with Crippen LogP contribution in [0.15, 0.2) is 30.3 Å². The first-order valence-electron chi connectivity index (χ1n) is 8.86. The second-order valence-electron chi connectivity index (χ2n) is 8.07. The van der Waals surface area contributed by atoms with Crippen LogP contribution in [0.1, 0.15) is 33.3 Å². The summed E-state index contributed by atoms with van der Waals surface area (Å²) in [5.74, 6) is -0.229. The van der Waals surface area contributed by atoms with Crippen molar-refractivity contribution in [1.82, 2.24) is 15.5 Å². The van der Waals surface area contributed by atoms with E-state index in [9.17, 15) is 9.59 Å². The van der Waals surface area contributed by atoms with Crippen LogP contribution >= 0.6 is 0 Å². The Morgan fingerprint density at radius 3 is 2.24 bits per heavy atom. The van der Waals surface area contributed by atoms with E-state index >= 15 is 0 Å². The number of rotatable bonds is 9. The standard InChI is InChI=1S/C20H33N3O2/c1-15(2)18(19(25)21-13-20(3,4)14-23(5)6)22-17(24)12-16-10-8-7-9-11-16/h7-11,15,18H,12-14H2,1-6H3,(H,21,25)(H,22,24). The largest absolute Gasteiger partial charge is 0.354 e. The molecule has 5 heteroatoms. The Bertz CT molecular complexity index is 553. The minimum atomic E-state index is -0.522. The first-order valence-corrected chi connectivity index (χ1v) is 8.86. The van der Waals surface area contributed by atoms with E-state index in [0.29, 0.717) is 6.54 Å². The lowest BCUT2D eigenvalue weighted by Gasteiger charge is -2.30. The van der Waals surface area contributed by atoms with Crippen molar-refractivity contribution >= 4 is 11.8 Å². The summed E-state index contributed by atoms with van der Waals surface area (Å²) in [6.45, 7) is 9.56. The molecule has 0 aliphatic heterocycles. The van der Waals surface area contributed by atoms with Crippen molar-refractivity contribution in [3.63, 3.8) is 0 Å². The third-order valence-electron chi connectivity index (χ3n) is 3.96. The van der Waals surface area contributed by atoms with Crippen molar-refractivity contribution in [2.75, 3.05) is 27.2 Å². The van der Waals surface area contributed by atoms with Gasteiger partial charge in [0.15, 0.2) is 0 Å². The van der Waals surface area contributed by atoms with Gasteiger partial charge in [-0.3, -0.25) is 9.59 Å². The molecular formula is C20H33N3O2. The van der Waals surface area contributed by atoms with Crippen molar-refractivity contribution in [2.24, 2.45) is 11.3 Å². The van der Waals surface area contributed by atoms with E-state index < -0.39 is 6.04 Å². The molecule has 2 amide bonds. The Hall–Kier alpha value is -1.88. The predicted molar refractivity (Wildman–Crippen MR) is 102 cm³/mol. The van der Waals surface area contributed by atoms with Gasteiger partial charge in [-0.25, -0.2) is 0 Å². The van der Waals surface area contributed by atoms with Gasteiger partial charge in [0.1, 0.15) is 6.04 Å². The zero-order valence-electron chi connectivity index (χ0n) is 16.4. The molecule has 0 heterocycles. The summed E-state index contributed by atoms with van der Waals surface area (Å²) in [6, 6.07) is 9.03. The van der Waals surface area contributed by atoms with Crippen molar-refractivity contribution in [3.05, 3.63) is 35.9 Å². The molecule has 2 N–H and O–H groups in total. The lowest BCUT2D eigenvalue weighted by molar-refractivity contribution is -0.130. The minimum Gasteiger partial charge on any atom is -0.354 e. The van der Waals surface area contributed by atoms with Crippen molar-refractivity contribution in [1.29, 1.82) is 0 Å². The summed E-state index contributed by atoms with van der Waals surface area (Å²) >= 11 is 0. The highest BCUT2D eigenvalue weighted by Gasteiger charge is 2.26. The van der Waals surface area contributed by atoms with E-state index in [-0.39, 0.29) is 29.6 Å². The van der Waals surface area contributed by atoms with Crippen LogP contribution in [0.5, 0.6) is 0 Å². The molecule has 5 nitrogen and oxygen atoms in total. The zero-order valence-corrected chi connectivity index (χ0v) is 16.4. The van der Waals surface area contributed by atoms with Crippen LogP contribution in [0.2, 0.25) is 0 Å². The van der Waals surface area contributed by atoms with Gasteiger partial charge in [0.25, 0.3) is 0 Å². The highest BCUT2D eigenvalue weighted by atomic mass is 16.2. The summed E-state index contributed by atoms with van der Waals surface area (Å²) in [6.07, 6.45) is 0.281. The number of hydrogen-bond donors (Lipinski definition) is 2. The van der Waals surface area contributed by atoms with Gasteiger partial charge in [0.05, 0.1) is 6.42 Å². The molecule has 1 aromatic carbocycles. The molecule has 1 aromatic rings. The number of carbonyl (C=O) groups is 2. The quantitative estimate of drug-likeness (QED) is 0.719. The summed E-state index contributed by atoms with van der Waals surface area (Å²) in [5, 5.41) is 5.88. The highest BCUT2D eigenvalue weighted by molar-refractivity contribution is 5.88. The molecular weight excluding hydrogens is 314 g/mol. The van der Waals surface area contributed by atoms with Gasteiger partial charge in [0, 0.05) is 13.1 Å². The molecule has 1 rings (SSSR count). The van der Waals surface area contributed by atoms with E-state index in [2.05, 4.69) is 29.4 Å². The first kappa shape index (κ1) is 21.2. The molecule has 0 radical (unpaired) electrons. The van der Waals surface area contributed by atoms with E-state index in [1.807, 2.05) is 58.3 Å². The van der Waals surface area contributed by atoms with Gasteiger partial charge >= 0.3 is 0 Å². The van der Waals surface area contributed by atoms with E-state index in [1.165, 1.54) is 0 Å². The molecule has 0 spiro atoms. The molecule has 0 aromatic heterocycles. The number of carbonyl (C=O) groups excluding carboxylic acids is 2. The van der Waals surface area contributed by atoms with Crippen LogP contribution < -0.4 is 10.6 Å². The summed E-state index contributed by atoms with van der Waals surface area (Å²) in [7, 11) is 4.04. The smallest absolute Gasteiger partial charge is 0.242 e. The lowest BCUT2D eigenvalue weighted by Crippen LogP contribution is -2.52. The second-order valence-corrected chi connectivity index (χ2v) is 8.07. The van der Waals surface area contributed by atoms with Crippen molar-refractivity contribution < 1.29 is 9.59 Å². The average Bonchev–Trinajstić information content (AvgIpc) is 2.50. The van der Waals surface area contributed by atoms with E-state index in [1.54, 1.807) is 0 Å². The third-order valence-corrected chi connectivity index (χ3v) is 3.96. The lowest BCUT2D eigenvalue weighted by atomic mass is 9.92. The van der Waals surface area contributed by atoms with Crippen LogP contribution in [0.3, 0.4) is 0 Å². The first-order chi connectivity index (χ1) is 11.6. The molecule has 140 valence electrons. The maximum atomic E-state index is 12.6. The highest BCUT2D eigenvalue weighted by Crippen LogP contribution is 2.14. The van der Waals surface area contributed by atoms with Crippen molar-refractivity contribution in [2.45, 2.75) is 40.2 Å². The Morgan fingerprint density at radius 2 is 1.72 bits per heavy atom. The molecule has 0 aliphatic carbocycles. The molecule has 0 bridgehead atoms. The summed E-state index contributed by atoms with van der Waals surface area (Å²) < 4.78 is 0. The maximum Gasteiger partial charge on any atom is 0.242 e. The number of hydrogen-bond acceptors (Lipinski definition) is 3. The van der Waals surface area contributed by atoms with Gasteiger partial charge in [-0.2, -0.15) is 0 Å². The van der Waals surface area contributed by atoms with Crippen molar-refractivity contribution in [3.8, 4) is 0 Å². The molecule has 25 heavy (non-hydrogen) atoms. The van der Waals surface area contributed by atoms with Crippen LogP contribution in [-0.2, 0) is 16.0 Å². The van der Waals surface area contributed by atoms with Crippen LogP contribution in [-0.4, -0.2) is 49.9 Å². The number of nitrogens with zero attached hydrogens (tertiary/aromatic N) is 1.